The summed E-state index contributed by atoms with van der Waals surface area (Å²) in [6.45, 7) is 2.01. The van der Waals surface area contributed by atoms with E-state index in [-0.39, 0.29) is 11.4 Å². The molecular weight excluding hydrogens is 436 g/mol. The van der Waals surface area contributed by atoms with Gasteiger partial charge in [-0.05, 0) is 65.7 Å². The molecule has 33 heavy (non-hydrogen) atoms. The first kappa shape index (κ1) is 22.4. The molecular formula is C26H22N2O4S. The monoisotopic (exact) mass is 458 g/mol. The predicted molar refractivity (Wildman–Crippen MR) is 130 cm³/mol. The van der Waals surface area contributed by atoms with Gasteiger partial charge in [-0.15, -0.1) is 0 Å². The summed E-state index contributed by atoms with van der Waals surface area (Å²) in [5.41, 5.74) is 3.40. The molecule has 0 aliphatic carbocycles. The molecule has 7 heteroatoms. The smallest absolute Gasteiger partial charge is 0.294 e. The highest BCUT2D eigenvalue weighted by atomic mass is 32.2. The summed E-state index contributed by atoms with van der Waals surface area (Å²) in [5.74, 6) is -0.259. The van der Waals surface area contributed by atoms with Crippen LogP contribution in [0.5, 0.6) is 5.75 Å². The molecule has 1 N–H and O–H groups in total. The van der Waals surface area contributed by atoms with Crippen LogP contribution in [0.25, 0.3) is 6.08 Å². The molecule has 0 bridgehead atoms. The van der Waals surface area contributed by atoms with E-state index in [1.807, 2.05) is 73.7 Å². The van der Waals surface area contributed by atoms with Crippen molar-refractivity contribution in [2.75, 3.05) is 11.9 Å². The largest absolute Gasteiger partial charge is 0.489 e. The van der Waals surface area contributed by atoms with Crippen molar-refractivity contribution in [3.8, 4) is 5.75 Å². The van der Waals surface area contributed by atoms with Crippen molar-refractivity contribution >= 4 is 40.6 Å². The summed E-state index contributed by atoms with van der Waals surface area (Å²) in [6.07, 6.45) is 1.64. The van der Waals surface area contributed by atoms with Gasteiger partial charge in [0.25, 0.3) is 11.1 Å². The molecule has 3 aromatic rings. The Balaban J connectivity index is 1.40. The SMILES string of the molecule is Cc1cccc(NC(=O)CN2C(=O)S/C(=C\c3cccc(OCc4ccccc4)c3)C2=O)c1. The van der Waals surface area contributed by atoms with Crippen LogP contribution in [0.1, 0.15) is 16.7 Å². The molecule has 0 radical (unpaired) electrons. The Hall–Kier alpha value is -3.84. The average molecular weight is 459 g/mol. The number of nitrogens with zero attached hydrogens (tertiary/aromatic N) is 1. The topological polar surface area (TPSA) is 75.7 Å². The molecule has 166 valence electrons. The number of aryl methyl sites for hydroxylation is 1. The molecule has 4 rings (SSSR count). The summed E-state index contributed by atoms with van der Waals surface area (Å²) in [4.78, 5) is 38.7. The van der Waals surface area contributed by atoms with Gasteiger partial charge in [-0.3, -0.25) is 19.3 Å². The third-order valence-corrected chi connectivity index (χ3v) is 5.79. The standard InChI is InChI=1S/C26H22N2O4S/c1-18-7-5-11-21(13-18)27-24(29)16-28-25(30)23(33-26(28)31)15-20-10-6-12-22(14-20)32-17-19-8-3-2-4-9-19/h2-15H,16-17H2,1H3,(H,27,29)/b23-15-. The molecule has 1 aliphatic rings. The highest BCUT2D eigenvalue weighted by molar-refractivity contribution is 8.18. The van der Waals surface area contributed by atoms with E-state index in [0.717, 1.165) is 33.4 Å². The molecule has 1 saturated heterocycles. The van der Waals surface area contributed by atoms with E-state index < -0.39 is 17.1 Å². The number of thioether (sulfide) groups is 1. The van der Waals surface area contributed by atoms with E-state index in [1.54, 1.807) is 18.2 Å². The zero-order valence-electron chi connectivity index (χ0n) is 18.0. The number of nitrogens with one attached hydrogen (secondary N) is 1. The molecule has 0 saturated carbocycles. The molecule has 0 aromatic heterocycles. The van der Waals surface area contributed by atoms with Crippen LogP contribution in [0, 0.1) is 6.92 Å². The fourth-order valence-electron chi connectivity index (χ4n) is 3.29. The van der Waals surface area contributed by atoms with Crippen molar-refractivity contribution in [1.82, 2.24) is 4.90 Å². The fourth-order valence-corrected chi connectivity index (χ4v) is 4.13. The molecule has 0 spiro atoms. The van der Waals surface area contributed by atoms with Gasteiger partial charge in [0.1, 0.15) is 18.9 Å². The van der Waals surface area contributed by atoms with Gasteiger partial charge < -0.3 is 10.1 Å². The second-order valence-corrected chi connectivity index (χ2v) is 8.53. The van der Waals surface area contributed by atoms with Crippen LogP contribution in [0.15, 0.2) is 83.8 Å². The summed E-state index contributed by atoms with van der Waals surface area (Å²) in [6, 6.07) is 24.4. The van der Waals surface area contributed by atoms with Crippen molar-refractivity contribution < 1.29 is 19.1 Å². The van der Waals surface area contributed by atoms with Gasteiger partial charge in [0, 0.05) is 5.69 Å². The normalized spacial score (nSPS) is 14.6. The first-order valence-corrected chi connectivity index (χ1v) is 11.2. The number of benzene rings is 3. The van der Waals surface area contributed by atoms with E-state index in [1.165, 1.54) is 0 Å². The van der Waals surface area contributed by atoms with Crippen LogP contribution in [0.4, 0.5) is 10.5 Å². The number of imide groups is 1. The Morgan fingerprint density at radius 2 is 1.79 bits per heavy atom. The van der Waals surface area contributed by atoms with Gasteiger partial charge in [-0.2, -0.15) is 0 Å². The average Bonchev–Trinajstić information content (AvgIpc) is 3.06. The molecule has 1 fully saturated rings. The van der Waals surface area contributed by atoms with E-state index in [2.05, 4.69) is 5.32 Å². The van der Waals surface area contributed by atoms with Crippen LogP contribution in [-0.2, 0) is 16.2 Å². The number of anilines is 1. The number of amides is 3. The molecule has 3 aromatic carbocycles. The highest BCUT2D eigenvalue weighted by Crippen LogP contribution is 2.32. The van der Waals surface area contributed by atoms with Crippen molar-refractivity contribution in [2.24, 2.45) is 0 Å². The molecule has 0 unspecified atom stereocenters. The molecule has 1 heterocycles. The Bertz CT molecular complexity index is 1220. The lowest BCUT2D eigenvalue weighted by atomic mass is 10.2. The number of rotatable bonds is 7. The lowest BCUT2D eigenvalue weighted by Gasteiger charge is -2.12. The highest BCUT2D eigenvalue weighted by Gasteiger charge is 2.36. The number of ether oxygens (including phenoxy) is 1. The fraction of sp³-hybridized carbons (Fsp3) is 0.115. The first-order valence-electron chi connectivity index (χ1n) is 10.4. The van der Waals surface area contributed by atoms with Crippen molar-refractivity contribution in [1.29, 1.82) is 0 Å². The predicted octanol–water partition coefficient (Wildman–Crippen LogP) is 5.25. The summed E-state index contributed by atoms with van der Waals surface area (Å²) >= 11 is 0.821. The van der Waals surface area contributed by atoms with Crippen molar-refractivity contribution in [3.05, 3.63) is 100 Å². The third kappa shape index (κ3) is 5.90. The van der Waals surface area contributed by atoms with E-state index in [9.17, 15) is 14.4 Å². The minimum absolute atomic E-state index is 0.267. The summed E-state index contributed by atoms with van der Waals surface area (Å²) in [5, 5.41) is 2.25. The van der Waals surface area contributed by atoms with Crippen LogP contribution < -0.4 is 10.1 Å². The quantitative estimate of drug-likeness (QED) is 0.490. The second-order valence-electron chi connectivity index (χ2n) is 7.53. The Labute approximate surface area is 196 Å². The maximum Gasteiger partial charge on any atom is 0.294 e. The van der Waals surface area contributed by atoms with Crippen LogP contribution >= 0.6 is 11.8 Å². The first-order chi connectivity index (χ1) is 16.0. The van der Waals surface area contributed by atoms with E-state index in [0.29, 0.717) is 18.0 Å². The van der Waals surface area contributed by atoms with Gasteiger partial charge in [0.15, 0.2) is 0 Å². The van der Waals surface area contributed by atoms with Crippen LogP contribution in [0.2, 0.25) is 0 Å². The zero-order chi connectivity index (χ0) is 23.2. The molecule has 6 nitrogen and oxygen atoms in total. The van der Waals surface area contributed by atoms with Crippen LogP contribution in [0.3, 0.4) is 0 Å². The zero-order valence-corrected chi connectivity index (χ0v) is 18.8. The Morgan fingerprint density at radius 1 is 1.00 bits per heavy atom. The maximum atomic E-state index is 12.8. The minimum atomic E-state index is -0.486. The Morgan fingerprint density at radius 3 is 2.58 bits per heavy atom. The summed E-state index contributed by atoms with van der Waals surface area (Å²) < 4.78 is 5.83. The minimum Gasteiger partial charge on any atom is -0.489 e. The number of hydrogen-bond acceptors (Lipinski definition) is 5. The third-order valence-electron chi connectivity index (χ3n) is 4.88. The molecule has 1 aliphatic heterocycles. The number of carbonyl (C=O) groups excluding carboxylic acids is 3. The van der Waals surface area contributed by atoms with Gasteiger partial charge in [-0.25, -0.2) is 0 Å². The lowest BCUT2D eigenvalue weighted by Crippen LogP contribution is -2.36. The number of hydrogen-bond donors (Lipinski definition) is 1. The number of carbonyl (C=O) groups is 3. The van der Waals surface area contributed by atoms with E-state index >= 15 is 0 Å². The molecule has 3 amide bonds. The van der Waals surface area contributed by atoms with Crippen molar-refractivity contribution in [2.45, 2.75) is 13.5 Å². The van der Waals surface area contributed by atoms with Gasteiger partial charge in [-0.1, -0.05) is 54.6 Å². The molecule has 0 atom stereocenters. The van der Waals surface area contributed by atoms with Gasteiger partial charge in [0.05, 0.1) is 4.91 Å². The van der Waals surface area contributed by atoms with E-state index in [4.69, 9.17) is 4.74 Å². The van der Waals surface area contributed by atoms with Crippen LogP contribution in [-0.4, -0.2) is 28.5 Å². The maximum absolute atomic E-state index is 12.8. The second kappa shape index (κ2) is 10.2. The Kier molecular flexibility index (Phi) is 6.90. The van der Waals surface area contributed by atoms with Gasteiger partial charge in [0.2, 0.25) is 5.91 Å². The van der Waals surface area contributed by atoms with Crippen molar-refractivity contribution in [3.63, 3.8) is 0 Å². The summed E-state index contributed by atoms with van der Waals surface area (Å²) in [7, 11) is 0. The van der Waals surface area contributed by atoms with Gasteiger partial charge >= 0.3 is 0 Å². The lowest BCUT2D eigenvalue weighted by molar-refractivity contribution is -0.127.